The van der Waals surface area contributed by atoms with Gasteiger partial charge in [-0.15, -0.1) is 0 Å². The molecule has 0 amide bonds. The Balaban J connectivity index is 1.37. The van der Waals surface area contributed by atoms with E-state index in [1.54, 1.807) is 0 Å². The van der Waals surface area contributed by atoms with E-state index in [9.17, 15) is 4.79 Å². The van der Waals surface area contributed by atoms with E-state index in [0.29, 0.717) is 17.8 Å². The lowest BCUT2D eigenvalue weighted by Crippen LogP contribution is -2.04. The van der Waals surface area contributed by atoms with Crippen molar-refractivity contribution in [1.82, 2.24) is 0 Å². The van der Waals surface area contributed by atoms with Gasteiger partial charge in [0.15, 0.2) is 0 Å². The smallest absolute Gasteiger partial charge is 0.336 e. The molecule has 30 heavy (non-hydrogen) atoms. The molecule has 0 saturated carbocycles. The van der Waals surface area contributed by atoms with Gasteiger partial charge in [-0.2, -0.15) is 5.26 Å². The van der Waals surface area contributed by atoms with E-state index in [-0.39, 0.29) is 5.63 Å². The average molecular weight is 393 g/mol. The van der Waals surface area contributed by atoms with Gasteiger partial charge in [0.25, 0.3) is 0 Å². The lowest BCUT2D eigenvalue weighted by molar-refractivity contribution is 0.306. The predicted octanol–water partition coefficient (Wildman–Crippen LogP) is 5.40. The van der Waals surface area contributed by atoms with E-state index in [2.05, 4.69) is 12.1 Å². The van der Waals surface area contributed by atoms with Gasteiger partial charge in [-0.25, -0.2) is 4.79 Å². The van der Waals surface area contributed by atoms with Crippen molar-refractivity contribution in [3.05, 3.63) is 99.4 Å². The molecule has 0 saturated heterocycles. The SMILES string of the molecule is N#Cc1ccc(-c2ccc(OCc3cc(=O)oc4cc5c(cc34)CCC5)cc2)cc1. The van der Waals surface area contributed by atoms with Crippen molar-refractivity contribution in [2.45, 2.75) is 25.9 Å². The van der Waals surface area contributed by atoms with Crippen molar-refractivity contribution in [3.8, 4) is 22.9 Å². The van der Waals surface area contributed by atoms with Gasteiger partial charge >= 0.3 is 5.63 Å². The van der Waals surface area contributed by atoms with Crippen molar-refractivity contribution in [1.29, 1.82) is 5.26 Å². The molecular formula is C26H19NO3. The topological polar surface area (TPSA) is 63.2 Å². The van der Waals surface area contributed by atoms with E-state index < -0.39 is 0 Å². The summed E-state index contributed by atoms with van der Waals surface area (Å²) in [6, 6.07) is 23.1. The molecule has 0 spiro atoms. The molecule has 3 aromatic carbocycles. The summed E-state index contributed by atoms with van der Waals surface area (Å²) in [6.45, 7) is 0.303. The number of nitrogens with zero attached hydrogens (tertiary/aromatic N) is 1. The first-order chi connectivity index (χ1) is 14.7. The Hall–Kier alpha value is -3.84. The Bertz CT molecular complexity index is 1330. The largest absolute Gasteiger partial charge is 0.489 e. The molecule has 1 aliphatic rings. The molecular weight excluding hydrogens is 374 g/mol. The lowest BCUT2D eigenvalue weighted by Gasteiger charge is -2.10. The van der Waals surface area contributed by atoms with Crippen LogP contribution < -0.4 is 10.4 Å². The maximum Gasteiger partial charge on any atom is 0.336 e. The molecule has 0 aliphatic heterocycles. The molecule has 1 heterocycles. The van der Waals surface area contributed by atoms with Gasteiger partial charge in [-0.1, -0.05) is 24.3 Å². The molecule has 0 bridgehead atoms. The number of aryl methyl sites for hydroxylation is 2. The second-order valence-electron chi connectivity index (χ2n) is 7.56. The standard InChI is InChI=1S/C26H19NO3/c27-15-17-4-6-18(7-5-17)19-8-10-23(11-9-19)29-16-22-14-26(28)30-25-13-21-3-1-2-20(21)12-24(22)25/h4-14H,1-3,16H2. The van der Waals surface area contributed by atoms with Crippen LogP contribution in [0.2, 0.25) is 0 Å². The molecule has 0 fully saturated rings. The molecule has 0 unspecified atom stereocenters. The molecule has 0 radical (unpaired) electrons. The summed E-state index contributed by atoms with van der Waals surface area (Å²) >= 11 is 0. The maximum atomic E-state index is 12.0. The highest BCUT2D eigenvalue weighted by atomic mass is 16.5. The highest BCUT2D eigenvalue weighted by molar-refractivity contribution is 5.82. The molecule has 0 N–H and O–H groups in total. The normalized spacial score (nSPS) is 12.5. The van der Waals surface area contributed by atoms with Crippen molar-refractivity contribution >= 4 is 11.0 Å². The van der Waals surface area contributed by atoms with Gasteiger partial charge in [0.1, 0.15) is 17.9 Å². The van der Waals surface area contributed by atoms with E-state index in [4.69, 9.17) is 14.4 Å². The van der Waals surface area contributed by atoms with Crippen molar-refractivity contribution in [2.75, 3.05) is 0 Å². The summed E-state index contributed by atoms with van der Waals surface area (Å²) in [7, 11) is 0. The van der Waals surface area contributed by atoms with Crippen LogP contribution in [0.4, 0.5) is 0 Å². The molecule has 1 aliphatic carbocycles. The first kappa shape index (κ1) is 18.2. The van der Waals surface area contributed by atoms with Crippen LogP contribution in [-0.2, 0) is 19.4 Å². The highest BCUT2D eigenvalue weighted by Crippen LogP contribution is 2.29. The van der Waals surface area contributed by atoms with Crippen LogP contribution >= 0.6 is 0 Å². The van der Waals surface area contributed by atoms with E-state index in [0.717, 1.165) is 47.1 Å². The second-order valence-corrected chi connectivity index (χ2v) is 7.56. The van der Waals surface area contributed by atoms with Crippen molar-refractivity contribution in [2.24, 2.45) is 0 Å². The maximum absolute atomic E-state index is 12.0. The Morgan fingerprint density at radius 3 is 2.27 bits per heavy atom. The van der Waals surface area contributed by atoms with Crippen LogP contribution in [0.5, 0.6) is 5.75 Å². The van der Waals surface area contributed by atoms with Crippen LogP contribution in [0, 0.1) is 11.3 Å². The Morgan fingerprint density at radius 2 is 1.57 bits per heavy atom. The monoisotopic (exact) mass is 393 g/mol. The first-order valence-corrected chi connectivity index (χ1v) is 10.0. The molecule has 4 nitrogen and oxygen atoms in total. The summed E-state index contributed by atoms with van der Waals surface area (Å²) in [4.78, 5) is 12.0. The fourth-order valence-electron chi connectivity index (χ4n) is 4.06. The molecule has 0 atom stereocenters. The Kier molecular flexibility index (Phi) is 4.57. The molecule has 146 valence electrons. The zero-order valence-corrected chi connectivity index (χ0v) is 16.4. The number of ether oxygens (including phenoxy) is 1. The van der Waals surface area contributed by atoms with E-state index in [1.807, 2.05) is 54.6 Å². The lowest BCUT2D eigenvalue weighted by atomic mass is 10.0. The Morgan fingerprint density at radius 1 is 0.900 bits per heavy atom. The number of nitriles is 1. The minimum Gasteiger partial charge on any atom is -0.489 e. The summed E-state index contributed by atoms with van der Waals surface area (Å²) in [5.41, 5.74) is 6.48. The van der Waals surface area contributed by atoms with Gasteiger partial charge in [0.2, 0.25) is 0 Å². The van der Waals surface area contributed by atoms with Crippen molar-refractivity contribution in [3.63, 3.8) is 0 Å². The number of hydrogen-bond acceptors (Lipinski definition) is 4. The summed E-state index contributed by atoms with van der Waals surface area (Å²) in [5, 5.41) is 9.87. The third-order valence-electron chi connectivity index (χ3n) is 5.64. The Labute approximate surface area is 174 Å². The van der Waals surface area contributed by atoms with Gasteiger partial charge in [-0.05, 0) is 77.9 Å². The van der Waals surface area contributed by atoms with Gasteiger partial charge in [-0.3, -0.25) is 0 Å². The molecule has 4 aromatic rings. The van der Waals surface area contributed by atoms with E-state index in [1.165, 1.54) is 17.2 Å². The zero-order valence-electron chi connectivity index (χ0n) is 16.4. The number of rotatable bonds is 4. The van der Waals surface area contributed by atoms with Crippen LogP contribution in [0.25, 0.3) is 22.1 Å². The molecule has 5 rings (SSSR count). The van der Waals surface area contributed by atoms with Gasteiger partial charge < -0.3 is 9.15 Å². The first-order valence-electron chi connectivity index (χ1n) is 10.0. The van der Waals surface area contributed by atoms with Crippen molar-refractivity contribution < 1.29 is 9.15 Å². The number of benzene rings is 3. The van der Waals surface area contributed by atoms with Gasteiger partial charge in [0.05, 0.1) is 11.6 Å². The van der Waals surface area contributed by atoms with Crippen LogP contribution in [-0.4, -0.2) is 0 Å². The third kappa shape index (κ3) is 3.46. The van der Waals surface area contributed by atoms with E-state index >= 15 is 0 Å². The molecule has 4 heteroatoms. The molecule has 1 aromatic heterocycles. The predicted molar refractivity (Wildman–Crippen MR) is 115 cm³/mol. The minimum absolute atomic E-state index is 0.303. The fraction of sp³-hybridized carbons (Fsp3) is 0.154. The minimum atomic E-state index is -0.352. The fourth-order valence-corrected chi connectivity index (χ4v) is 4.06. The summed E-state index contributed by atoms with van der Waals surface area (Å²) in [5.74, 6) is 0.731. The number of fused-ring (bicyclic) bond motifs is 2. The quantitative estimate of drug-likeness (QED) is 0.436. The zero-order chi connectivity index (χ0) is 20.5. The third-order valence-corrected chi connectivity index (χ3v) is 5.64. The highest BCUT2D eigenvalue weighted by Gasteiger charge is 2.15. The summed E-state index contributed by atoms with van der Waals surface area (Å²) < 4.78 is 11.4. The second kappa shape index (κ2) is 7.53. The van der Waals surface area contributed by atoms with Crippen LogP contribution in [0.15, 0.2) is 75.9 Å². The van der Waals surface area contributed by atoms with Crippen LogP contribution in [0.3, 0.4) is 0 Å². The summed E-state index contributed by atoms with van der Waals surface area (Å²) in [6.07, 6.45) is 3.26. The van der Waals surface area contributed by atoms with Crippen LogP contribution in [0.1, 0.15) is 28.7 Å². The number of hydrogen-bond donors (Lipinski definition) is 0. The average Bonchev–Trinajstić information content (AvgIpc) is 3.24. The van der Waals surface area contributed by atoms with Gasteiger partial charge in [0, 0.05) is 17.0 Å².